The summed E-state index contributed by atoms with van der Waals surface area (Å²) in [6.45, 7) is 20.5. The molecule has 0 aliphatic heterocycles. The van der Waals surface area contributed by atoms with Crippen LogP contribution in [0.25, 0.3) is 0 Å². The average molecular weight is 972 g/mol. The lowest BCUT2D eigenvalue weighted by Crippen LogP contribution is -2.62. The Balaban J connectivity index is 3.61. The summed E-state index contributed by atoms with van der Waals surface area (Å²) in [5.74, 6) is -6.06. The summed E-state index contributed by atoms with van der Waals surface area (Å²) in [5.41, 5.74) is 0.672. The normalized spacial score (nSPS) is 15.7. The van der Waals surface area contributed by atoms with Gasteiger partial charge in [0, 0.05) is 61.0 Å². The van der Waals surface area contributed by atoms with Crippen molar-refractivity contribution in [3.8, 4) is 0 Å². The monoisotopic (exact) mass is 972 g/mol. The topological polar surface area (TPSA) is 247 Å². The molecule has 0 aliphatic carbocycles. The quantitative estimate of drug-likeness (QED) is 0.0747. The summed E-state index contributed by atoms with van der Waals surface area (Å²) in [4.78, 5) is 128. The average Bonchev–Trinajstić information content (AvgIpc) is 3.25. The van der Waals surface area contributed by atoms with Gasteiger partial charge in [-0.15, -0.1) is 0 Å². The Morgan fingerprint density at radius 1 is 0.580 bits per heavy atom. The van der Waals surface area contributed by atoms with Crippen molar-refractivity contribution in [3.63, 3.8) is 0 Å². The van der Waals surface area contributed by atoms with Crippen LogP contribution in [-0.4, -0.2) is 168 Å². The van der Waals surface area contributed by atoms with Crippen LogP contribution in [0.1, 0.15) is 114 Å². The molecule has 0 unspecified atom stereocenters. The zero-order valence-corrected chi connectivity index (χ0v) is 44.3. The van der Waals surface area contributed by atoms with Gasteiger partial charge in [0.15, 0.2) is 0 Å². The van der Waals surface area contributed by atoms with Gasteiger partial charge in [0.2, 0.25) is 53.2 Å². The number of aliphatic hydroxyl groups is 1. The summed E-state index contributed by atoms with van der Waals surface area (Å²) >= 11 is 0. The molecule has 0 fully saturated rings. The van der Waals surface area contributed by atoms with Crippen molar-refractivity contribution in [1.82, 2.24) is 46.2 Å². The summed E-state index contributed by atoms with van der Waals surface area (Å²) < 4.78 is 0. The molecule has 1 rings (SSSR count). The standard InChI is InChI=1S/C50H85N9O10/c1-18-31(8)41(54-45(64)38(24-28(2)3)57(15)48(67)33(10)52-35(12)61)50(69)58(16)39(25-29(4)5)49(68)59(17)43(30(6)7)47(66)53-37(27-36-22-20-19-21-23-36)44(63)55-42(34(11)60)46(65)51-32(9)26-40(62)56(13)14/h19-23,28-34,37-39,41-43,60H,18,24-27H2,1-17H3,(H,51,65)(H,52,61)(H,53,66)(H,54,64)(H,55,63)/t31-,32+,33-,34+,37-,38-,39-,41-,42-,43-/m0/s1. The van der Waals surface area contributed by atoms with Crippen LogP contribution >= 0.6 is 0 Å². The summed E-state index contributed by atoms with van der Waals surface area (Å²) in [5, 5.41) is 24.2. The minimum atomic E-state index is -1.45. The third kappa shape index (κ3) is 19.4. The minimum Gasteiger partial charge on any atom is -0.391 e. The molecule has 0 bridgehead atoms. The highest BCUT2D eigenvalue weighted by atomic mass is 16.3. The van der Waals surface area contributed by atoms with Crippen LogP contribution in [0, 0.1) is 23.7 Å². The van der Waals surface area contributed by atoms with E-state index in [4.69, 9.17) is 0 Å². The number of hydrogen-bond acceptors (Lipinski definition) is 10. The van der Waals surface area contributed by atoms with Crippen molar-refractivity contribution < 1.29 is 48.3 Å². The van der Waals surface area contributed by atoms with E-state index >= 15 is 0 Å². The summed E-state index contributed by atoms with van der Waals surface area (Å²) in [6, 6.07) is 0.223. The predicted octanol–water partition coefficient (Wildman–Crippen LogP) is 1.85. The smallest absolute Gasteiger partial charge is 0.245 e. The van der Waals surface area contributed by atoms with Gasteiger partial charge in [-0.2, -0.15) is 0 Å². The predicted molar refractivity (Wildman–Crippen MR) is 265 cm³/mol. The van der Waals surface area contributed by atoms with Crippen LogP contribution in [0.5, 0.6) is 0 Å². The Kier molecular flexibility index (Phi) is 25.6. The van der Waals surface area contributed by atoms with Gasteiger partial charge in [0.05, 0.1) is 6.10 Å². The van der Waals surface area contributed by atoms with E-state index in [0.717, 1.165) is 0 Å². The number of aliphatic hydroxyl groups excluding tert-OH is 1. The highest BCUT2D eigenvalue weighted by molar-refractivity contribution is 5.98. The zero-order valence-electron chi connectivity index (χ0n) is 44.3. The fourth-order valence-electron chi connectivity index (χ4n) is 7.99. The van der Waals surface area contributed by atoms with E-state index in [2.05, 4.69) is 26.6 Å². The van der Waals surface area contributed by atoms with Crippen LogP contribution in [0.2, 0.25) is 0 Å². The van der Waals surface area contributed by atoms with Gasteiger partial charge in [-0.3, -0.25) is 43.2 Å². The Hall–Kier alpha value is -5.59. The maximum Gasteiger partial charge on any atom is 0.245 e. The largest absolute Gasteiger partial charge is 0.391 e. The Bertz CT molecular complexity index is 1890. The van der Waals surface area contributed by atoms with Gasteiger partial charge in [0.25, 0.3) is 0 Å². The van der Waals surface area contributed by atoms with Crippen LogP contribution < -0.4 is 26.6 Å². The van der Waals surface area contributed by atoms with E-state index in [-0.39, 0.29) is 43.4 Å². The molecule has 6 N–H and O–H groups in total. The van der Waals surface area contributed by atoms with Crippen LogP contribution in [-0.2, 0) is 49.6 Å². The van der Waals surface area contributed by atoms with Crippen molar-refractivity contribution in [3.05, 3.63) is 35.9 Å². The maximum atomic E-state index is 14.8. The molecule has 0 heterocycles. The number of likely N-dealkylation sites (N-methyl/N-ethyl adjacent to an activating group) is 3. The Labute approximate surface area is 411 Å². The van der Waals surface area contributed by atoms with E-state index in [0.29, 0.717) is 12.0 Å². The van der Waals surface area contributed by atoms with Crippen LogP contribution in [0.4, 0.5) is 0 Å². The first kappa shape index (κ1) is 61.4. The first-order chi connectivity index (χ1) is 32.0. The number of amides is 9. The molecular formula is C50H85N9O10. The van der Waals surface area contributed by atoms with Gasteiger partial charge in [-0.1, -0.05) is 92.1 Å². The molecule has 69 heavy (non-hydrogen) atoms. The van der Waals surface area contributed by atoms with Crippen molar-refractivity contribution in [2.45, 2.75) is 170 Å². The van der Waals surface area contributed by atoms with E-state index in [9.17, 15) is 48.3 Å². The molecule has 10 atom stereocenters. The number of hydrogen-bond donors (Lipinski definition) is 6. The second-order valence-corrected chi connectivity index (χ2v) is 20.0. The van der Waals surface area contributed by atoms with Gasteiger partial charge >= 0.3 is 0 Å². The van der Waals surface area contributed by atoms with Crippen molar-refractivity contribution in [1.29, 1.82) is 0 Å². The van der Waals surface area contributed by atoms with Gasteiger partial charge in [-0.05, 0) is 62.8 Å². The van der Waals surface area contributed by atoms with Crippen molar-refractivity contribution in [2.75, 3.05) is 35.2 Å². The number of carbonyl (C=O) groups is 9. The zero-order chi connectivity index (χ0) is 53.2. The highest BCUT2D eigenvalue weighted by Gasteiger charge is 2.42. The fraction of sp³-hybridized carbons (Fsp3) is 0.700. The van der Waals surface area contributed by atoms with Crippen molar-refractivity contribution >= 4 is 53.2 Å². The van der Waals surface area contributed by atoms with E-state index in [1.165, 1.54) is 61.5 Å². The SMILES string of the molecule is CC[C@H](C)[C@H](NC(=O)[C@H](CC(C)C)N(C)C(=O)[C@H](C)NC(C)=O)C(=O)N(C)[C@@H](CC(C)C)C(=O)N(C)[C@H](C(=O)N[C@@H](Cc1ccccc1)C(=O)N[C@H](C(=O)N[C@H](C)CC(=O)N(C)C)[C@@H](C)O)C(C)C. The highest BCUT2D eigenvalue weighted by Crippen LogP contribution is 2.22. The van der Waals surface area contributed by atoms with Crippen LogP contribution in [0.3, 0.4) is 0 Å². The van der Waals surface area contributed by atoms with Gasteiger partial charge < -0.3 is 51.3 Å². The maximum absolute atomic E-state index is 14.8. The molecule has 19 nitrogen and oxygen atoms in total. The molecule has 0 aromatic heterocycles. The van der Waals surface area contributed by atoms with Gasteiger partial charge in [-0.25, -0.2) is 0 Å². The number of carbonyl (C=O) groups excluding carboxylic acids is 9. The molecule has 1 aromatic rings. The molecule has 0 saturated heterocycles. The third-order valence-electron chi connectivity index (χ3n) is 12.2. The Morgan fingerprint density at radius 3 is 1.58 bits per heavy atom. The fourth-order valence-corrected chi connectivity index (χ4v) is 7.99. The molecular weight excluding hydrogens is 887 g/mol. The lowest BCUT2D eigenvalue weighted by Gasteiger charge is -2.39. The molecule has 0 spiro atoms. The minimum absolute atomic E-state index is 0.0188. The number of benzene rings is 1. The number of nitrogens with one attached hydrogen (secondary N) is 5. The van der Waals surface area contributed by atoms with Gasteiger partial charge in [0.1, 0.15) is 42.3 Å². The molecule has 19 heteroatoms. The molecule has 1 aromatic carbocycles. The summed E-state index contributed by atoms with van der Waals surface area (Å²) in [6.07, 6.45) is -0.475. The molecule has 0 aliphatic rings. The molecule has 9 amide bonds. The Morgan fingerprint density at radius 2 is 1.10 bits per heavy atom. The first-order valence-corrected chi connectivity index (χ1v) is 24.2. The van der Waals surface area contributed by atoms with Crippen LogP contribution in [0.15, 0.2) is 30.3 Å². The van der Waals surface area contributed by atoms with E-state index in [1.807, 2.05) is 34.6 Å². The molecule has 390 valence electrons. The lowest BCUT2D eigenvalue weighted by atomic mass is 9.93. The van der Waals surface area contributed by atoms with E-state index in [1.54, 1.807) is 72.1 Å². The van der Waals surface area contributed by atoms with Crippen molar-refractivity contribution in [2.24, 2.45) is 23.7 Å². The third-order valence-corrected chi connectivity index (χ3v) is 12.2. The number of rotatable bonds is 27. The summed E-state index contributed by atoms with van der Waals surface area (Å²) in [7, 11) is 7.60. The number of nitrogens with zero attached hydrogens (tertiary/aromatic N) is 4. The van der Waals surface area contributed by atoms with E-state index < -0.39 is 114 Å². The molecule has 0 saturated carbocycles. The first-order valence-electron chi connectivity index (χ1n) is 24.2. The molecule has 0 radical (unpaired) electrons. The second-order valence-electron chi connectivity index (χ2n) is 20.0. The second kappa shape index (κ2) is 28.8. The lowest BCUT2D eigenvalue weighted by molar-refractivity contribution is -0.151.